The van der Waals surface area contributed by atoms with Gasteiger partial charge in [0, 0.05) is 32.5 Å². The molecule has 320 valence electrons. The normalized spacial score (nSPS) is 17.3. The molecule has 0 spiro atoms. The number of nitrogens with two attached hydrogens (primary N) is 5. The Morgan fingerprint density at radius 1 is 0.732 bits per heavy atom. The van der Waals surface area contributed by atoms with Gasteiger partial charge in [-0.05, 0) is 91.7 Å². The highest BCUT2D eigenvalue weighted by molar-refractivity contribution is 5.95. The van der Waals surface area contributed by atoms with Gasteiger partial charge in [-0.1, -0.05) is 12.1 Å². The van der Waals surface area contributed by atoms with Crippen molar-refractivity contribution >= 4 is 91.6 Å². The molecule has 0 saturated carbocycles. The minimum atomic E-state index is -1.32. The van der Waals surface area contributed by atoms with Gasteiger partial charge in [0.2, 0.25) is 29.5 Å². The predicted molar refractivity (Wildman–Crippen MR) is 227 cm³/mol. The topological polar surface area (TPSA) is 316 Å². The number of phenolic OH excluding ortho intramolecular Hbond substituents is 2. The molecule has 0 unspecified atom stereocenters. The van der Waals surface area contributed by atoms with E-state index in [0.29, 0.717) is 48.1 Å². The second-order valence-electron chi connectivity index (χ2n) is 12.5. The second-order valence-corrected chi connectivity index (χ2v) is 12.5. The van der Waals surface area contributed by atoms with Crippen LogP contribution in [0.4, 0.5) is 0 Å². The first-order valence-corrected chi connectivity index (χ1v) is 17.1. The van der Waals surface area contributed by atoms with Crippen molar-refractivity contribution < 1.29 is 34.2 Å². The van der Waals surface area contributed by atoms with Crippen LogP contribution in [0.15, 0.2) is 36.4 Å². The summed E-state index contributed by atoms with van der Waals surface area (Å²) in [5.74, 6) is -3.18. The van der Waals surface area contributed by atoms with Crippen LogP contribution in [-0.2, 0) is 36.8 Å². The Hall–Kier alpha value is -3.36. The van der Waals surface area contributed by atoms with Gasteiger partial charge in [-0.3, -0.25) is 24.0 Å². The molecule has 56 heavy (non-hydrogen) atoms. The molecule has 2 aromatic rings. The van der Waals surface area contributed by atoms with E-state index < -0.39 is 53.8 Å². The first-order chi connectivity index (χ1) is 24.4. The summed E-state index contributed by atoms with van der Waals surface area (Å²) in [6.45, 7) is 1.01. The minimum absolute atomic E-state index is 0. The highest BCUT2D eigenvalue weighted by Crippen LogP contribution is 2.31. The van der Waals surface area contributed by atoms with Gasteiger partial charge >= 0.3 is 0 Å². The lowest BCUT2D eigenvalue weighted by Crippen LogP contribution is -2.58. The summed E-state index contributed by atoms with van der Waals surface area (Å²) in [7, 11) is 0. The summed E-state index contributed by atoms with van der Waals surface area (Å²) in [6.07, 6.45) is 0.998. The third kappa shape index (κ3) is 17.4. The van der Waals surface area contributed by atoms with Crippen LogP contribution < -0.4 is 55.3 Å². The summed E-state index contributed by atoms with van der Waals surface area (Å²) >= 11 is 0. The maximum atomic E-state index is 13.9. The van der Waals surface area contributed by atoms with Crippen LogP contribution in [0.5, 0.6) is 11.5 Å². The first kappa shape index (κ1) is 57.0. The Labute approximate surface area is 357 Å². The molecule has 4 bridgehead atoms. The van der Waals surface area contributed by atoms with Crippen molar-refractivity contribution in [2.24, 2.45) is 28.7 Å². The molecule has 0 aromatic heterocycles. The molecule has 1 aliphatic heterocycles. The quantitative estimate of drug-likeness (QED) is 0.0973. The van der Waals surface area contributed by atoms with E-state index in [0.717, 1.165) is 0 Å². The molecule has 1 heterocycles. The van der Waals surface area contributed by atoms with Gasteiger partial charge in [-0.15, -0.1) is 62.0 Å². The maximum absolute atomic E-state index is 13.9. The molecule has 0 fully saturated rings. The lowest BCUT2D eigenvalue weighted by atomic mass is 9.95. The van der Waals surface area contributed by atoms with Crippen LogP contribution >= 0.6 is 62.0 Å². The average molecular weight is 895 g/mol. The van der Waals surface area contributed by atoms with Crippen LogP contribution in [0.3, 0.4) is 0 Å². The Bertz CT molecular complexity index is 1550. The van der Waals surface area contributed by atoms with Crippen LogP contribution in [-0.4, -0.2) is 103 Å². The number of hydrogen-bond donors (Lipinski definition) is 12. The Morgan fingerprint density at radius 3 is 1.86 bits per heavy atom. The Kier molecular flexibility index (Phi) is 29.4. The van der Waals surface area contributed by atoms with Gasteiger partial charge in [-0.25, -0.2) is 0 Å². The standard InChI is InChI=1S/C34H52N10O7.5ClH/c35-10-1-4-25-33(50)44-27(34(51)43-26(9-11-36)32(49)40-13-2-3-23(38)30(47)41-14-12-37)18-22-16-20(6-8-29(22)46)19-5-7-28(45)21(15-19)17-24(39)31(48)42-25;;;;;/h5-8,15-16,23-27,45-46H,1-4,9-14,17-18,35-39H2,(H,40,49)(H,41,47)(H,42,48)(H,43,51)(H,44,50);5*1H/t23-,24-,25-,26-,27-;;;;;/m0...../s1. The van der Waals surface area contributed by atoms with Gasteiger partial charge in [-0.2, -0.15) is 0 Å². The number of fused-ring (bicyclic) bond motifs is 5. The summed E-state index contributed by atoms with van der Waals surface area (Å²) in [4.78, 5) is 65.9. The van der Waals surface area contributed by atoms with Gasteiger partial charge < -0.3 is 65.5 Å². The van der Waals surface area contributed by atoms with Crippen LogP contribution in [0.25, 0.3) is 11.1 Å². The fourth-order valence-electron chi connectivity index (χ4n) is 5.58. The van der Waals surface area contributed by atoms with E-state index in [2.05, 4.69) is 26.6 Å². The summed E-state index contributed by atoms with van der Waals surface area (Å²) < 4.78 is 0. The average Bonchev–Trinajstić information content (AvgIpc) is 3.11. The molecule has 0 radical (unpaired) electrons. The van der Waals surface area contributed by atoms with Gasteiger partial charge in [0.1, 0.15) is 29.6 Å². The van der Waals surface area contributed by atoms with Crippen LogP contribution in [0.2, 0.25) is 0 Å². The summed E-state index contributed by atoms with van der Waals surface area (Å²) in [6, 6.07) is 4.13. The Morgan fingerprint density at radius 2 is 1.30 bits per heavy atom. The van der Waals surface area contributed by atoms with Crippen molar-refractivity contribution in [3.05, 3.63) is 47.5 Å². The number of hydrogen-bond acceptors (Lipinski definition) is 12. The summed E-state index contributed by atoms with van der Waals surface area (Å²) in [5.41, 5.74) is 31.0. The molecule has 5 atom stereocenters. The van der Waals surface area contributed by atoms with Gasteiger partial charge in [0.05, 0.1) is 12.1 Å². The van der Waals surface area contributed by atoms with E-state index in [1.165, 1.54) is 12.1 Å². The molecule has 5 amide bonds. The minimum Gasteiger partial charge on any atom is -0.508 e. The molecule has 0 aliphatic carbocycles. The van der Waals surface area contributed by atoms with Crippen molar-refractivity contribution in [3.63, 3.8) is 0 Å². The van der Waals surface area contributed by atoms with Crippen LogP contribution in [0, 0.1) is 0 Å². The number of amides is 5. The molecule has 0 saturated heterocycles. The molecule has 17 nitrogen and oxygen atoms in total. The van der Waals surface area contributed by atoms with Crippen molar-refractivity contribution in [2.45, 2.75) is 75.2 Å². The number of carbonyl (C=O) groups is 5. The summed E-state index contributed by atoms with van der Waals surface area (Å²) in [5, 5.41) is 34.7. The van der Waals surface area contributed by atoms with E-state index in [-0.39, 0.29) is 131 Å². The number of carbonyl (C=O) groups excluding carboxylic acids is 5. The number of benzene rings is 2. The lowest BCUT2D eigenvalue weighted by Gasteiger charge is -2.26. The zero-order valence-electron chi connectivity index (χ0n) is 30.7. The van der Waals surface area contributed by atoms with E-state index in [1.807, 2.05) is 0 Å². The van der Waals surface area contributed by atoms with Crippen molar-refractivity contribution in [1.29, 1.82) is 0 Å². The third-order valence-corrected chi connectivity index (χ3v) is 8.52. The fourth-order valence-corrected chi connectivity index (χ4v) is 5.58. The number of nitrogens with one attached hydrogen (secondary N) is 5. The third-order valence-electron chi connectivity index (χ3n) is 8.52. The highest BCUT2D eigenvalue weighted by Gasteiger charge is 2.31. The first-order valence-electron chi connectivity index (χ1n) is 17.1. The smallest absolute Gasteiger partial charge is 0.243 e. The zero-order chi connectivity index (χ0) is 37.5. The number of aromatic hydroxyl groups is 2. The molecule has 22 heteroatoms. The van der Waals surface area contributed by atoms with Crippen LogP contribution in [0.1, 0.15) is 43.2 Å². The van der Waals surface area contributed by atoms with E-state index in [9.17, 15) is 34.2 Å². The number of rotatable bonds is 15. The molecule has 1 aliphatic rings. The number of phenols is 2. The van der Waals surface area contributed by atoms with E-state index >= 15 is 0 Å². The molecule has 2 aromatic carbocycles. The number of halogens is 5. The predicted octanol–water partition coefficient (Wildman–Crippen LogP) is -0.860. The highest BCUT2D eigenvalue weighted by atomic mass is 35.5. The van der Waals surface area contributed by atoms with Gasteiger partial charge in [0.25, 0.3) is 0 Å². The van der Waals surface area contributed by atoms with Crippen molar-refractivity contribution in [1.82, 2.24) is 26.6 Å². The Balaban J connectivity index is -0.00000562. The molecular weight excluding hydrogens is 838 g/mol. The lowest BCUT2D eigenvalue weighted by molar-refractivity contribution is -0.134. The van der Waals surface area contributed by atoms with Gasteiger partial charge in [0.15, 0.2) is 0 Å². The maximum Gasteiger partial charge on any atom is 0.243 e. The monoisotopic (exact) mass is 892 g/mol. The molecule has 17 N–H and O–H groups in total. The second kappa shape index (κ2) is 28.9. The molecule has 3 rings (SSSR count). The fraction of sp³-hybridized carbons (Fsp3) is 0.500. The van der Waals surface area contributed by atoms with Crippen molar-refractivity contribution in [2.75, 3.05) is 32.7 Å². The largest absolute Gasteiger partial charge is 0.508 e. The molecular formula is C34H57Cl5N10O7. The van der Waals surface area contributed by atoms with Crippen molar-refractivity contribution in [3.8, 4) is 22.6 Å². The van der Waals surface area contributed by atoms with E-state index in [1.54, 1.807) is 24.3 Å². The van der Waals surface area contributed by atoms with E-state index in [4.69, 9.17) is 28.7 Å². The zero-order valence-corrected chi connectivity index (χ0v) is 34.8. The SMILES string of the molecule is Cl.Cl.Cl.Cl.Cl.NCCC[C@@H]1NC(=O)[C@@H](N)Cc2cc(ccc2O)-c2ccc(O)c(c2)C[C@@H](C(=O)N[C@@H](CCN)C(=O)NCCC[C@H](N)C(=O)NCCN)NC1=O.